The van der Waals surface area contributed by atoms with Crippen LogP contribution in [0.25, 0.3) is 0 Å². The Hall–Kier alpha value is -3.32. The number of hydrogen-bond acceptors (Lipinski definition) is 3. The first-order valence-electron chi connectivity index (χ1n) is 7.58. The molecule has 0 saturated heterocycles. The van der Waals surface area contributed by atoms with Gasteiger partial charge in [-0.05, 0) is 24.3 Å². The van der Waals surface area contributed by atoms with Gasteiger partial charge in [-0.1, -0.05) is 47.3 Å². The highest BCUT2D eigenvalue weighted by Gasteiger charge is 2.05. The van der Waals surface area contributed by atoms with Crippen molar-refractivity contribution in [2.75, 3.05) is 7.11 Å². The lowest BCUT2D eigenvalue weighted by atomic mass is 10.1. The molecule has 4 nitrogen and oxygen atoms in total. The molecule has 1 heterocycles. The number of hydrogen-bond donors (Lipinski definition) is 0. The molecule has 0 spiro atoms. The highest BCUT2D eigenvalue weighted by molar-refractivity contribution is 6.00. The van der Waals surface area contributed by atoms with Crippen LogP contribution < -0.4 is 0 Å². The van der Waals surface area contributed by atoms with Crippen molar-refractivity contribution in [2.24, 2.45) is 5.16 Å². The minimum absolute atomic E-state index is 0.600. The van der Waals surface area contributed by atoms with Gasteiger partial charge in [0.25, 0.3) is 0 Å². The Bertz CT molecular complexity index is 855. The summed E-state index contributed by atoms with van der Waals surface area (Å²) in [7, 11) is 1.55. The van der Waals surface area contributed by atoms with Crippen molar-refractivity contribution in [1.82, 2.24) is 9.55 Å². The number of imidazole rings is 1. The van der Waals surface area contributed by atoms with E-state index in [1.165, 1.54) is 0 Å². The first kappa shape index (κ1) is 15.6. The largest absolute Gasteiger partial charge is 0.399 e. The SMILES string of the molecule is CON=C(Cn1ccnc1)c1ccc(C#Cc2ccccc2)cc1. The molecule has 4 heteroatoms. The van der Waals surface area contributed by atoms with E-state index in [1.807, 2.05) is 65.4 Å². The molecule has 0 fully saturated rings. The van der Waals surface area contributed by atoms with E-state index in [4.69, 9.17) is 4.84 Å². The molecule has 1 aromatic heterocycles. The molecule has 3 rings (SSSR count). The summed E-state index contributed by atoms with van der Waals surface area (Å²) >= 11 is 0. The third kappa shape index (κ3) is 4.11. The number of rotatable bonds is 4. The second-order valence-electron chi connectivity index (χ2n) is 5.15. The van der Waals surface area contributed by atoms with Gasteiger partial charge >= 0.3 is 0 Å². The van der Waals surface area contributed by atoms with E-state index < -0.39 is 0 Å². The highest BCUT2D eigenvalue weighted by atomic mass is 16.6. The van der Waals surface area contributed by atoms with Gasteiger partial charge in [-0.25, -0.2) is 4.98 Å². The molecular weight excluding hydrogens is 298 g/mol. The molecule has 0 N–H and O–H groups in total. The van der Waals surface area contributed by atoms with E-state index in [0.717, 1.165) is 22.4 Å². The summed E-state index contributed by atoms with van der Waals surface area (Å²) in [5.74, 6) is 6.32. The molecule has 0 saturated carbocycles. The van der Waals surface area contributed by atoms with Crippen molar-refractivity contribution in [1.29, 1.82) is 0 Å². The van der Waals surface area contributed by atoms with Gasteiger partial charge in [-0.3, -0.25) is 0 Å². The number of oxime groups is 1. The van der Waals surface area contributed by atoms with Crippen molar-refractivity contribution in [3.8, 4) is 11.8 Å². The normalized spacial score (nSPS) is 10.8. The Morgan fingerprint density at radius 1 is 1.04 bits per heavy atom. The van der Waals surface area contributed by atoms with Gasteiger partial charge in [0.1, 0.15) is 12.8 Å². The van der Waals surface area contributed by atoms with E-state index in [0.29, 0.717) is 6.54 Å². The van der Waals surface area contributed by atoms with Gasteiger partial charge < -0.3 is 9.40 Å². The molecule has 0 radical (unpaired) electrons. The summed E-state index contributed by atoms with van der Waals surface area (Å²) in [6, 6.07) is 17.9. The fourth-order valence-electron chi connectivity index (χ4n) is 2.25. The summed E-state index contributed by atoms with van der Waals surface area (Å²) in [6.07, 6.45) is 5.39. The Labute approximate surface area is 141 Å². The Balaban J connectivity index is 1.77. The maximum Gasteiger partial charge on any atom is 0.107 e. The lowest BCUT2D eigenvalue weighted by Crippen LogP contribution is -2.11. The van der Waals surface area contributed by atoms with Crippen molar-refractivity contribution in [2.45, 2.75) is 6.54 Å². The van der Waals surface area contributed by atoms with Gasteiger partial charge in [0, 0.05) is 29.1 Å². The molecule has 0 amide bonds. The van der Waals surface area contributed by atoms with Crippen LogP contribution in [0.2, 0.25) is 0 Å². The van der Waals surface area contributed by atoms with Crippen molar-refractivity contribution >= 4 is 5.71 Å². The van der Waals surface area contributed by atoms with Crippen LogP contribution in [0.15, 0.2) is 78.5 Å². The minimum Gasteiger partial charge on any atom is -0.399 e. The topological polar surface area (TPSA) is 39.4 Å². The quantitative estimate of drug-likeness (QED) is 0.421. The third-order valence-electron chi connectivity index (χ3n) is 3.44. The maximum atomic E-state index is 4.97. The Morgan fingerprint density at radius 2 is 1.75 bits per heavy atom. The van der Waals surface area contributed by atoms with Gasteiger partial charge in [0.15, 0.2) is 0 Å². The van der Waals surface area contributed by atoms with Crippen LogP contribution in [0.4, 0.5) is 0 Å². The molecule has 24 heavy (non-hydrogen) atoms. The monoisotopic (exact) mass is 315 g/mol. The molecule has 2 aromatic carbocycles. The van der Waals surface area contributed by atoms with E-state index in [2.05, 4.69) is 22.0 Å². The van der Waals surface area contributed by atoms with Crippen molar-refractivity contribution in [3.63, 3.8) is 0 Å². The molecule has 0 aliphatic heterocycles. The molecule has 0 aliphatic rings. The molecule has 0 bridgehead atoms. The van der Waals surface area contributed by atoms with Crippen molar-refractivity contribution in [3.05, 3.63) is 90.0 Å². The lowest BCUT2D eigenvalue weighted by molar-refractivity contribution is 0.212. The fraction of sp³-hybridized carbons (Fsp3) is 0.100. The molecule has 0 aliphatic carbocycles. The Morgan fingerprint density at radius 3 is 2.38 bits per heavy atom. The molecule has 3 aromatic rings. The van der Waals surface area contributed by atoms with Crippen LogP contribution in [0.3, 0.4) is 0 Å². The van der Waals surface area contributed by atoms with Crippen LogP contribution in [0, 0.1) is 11.8 Å². The lowest BCUT2D eigenvalue weighted by Gasteiger charge is -2.07. The number of aromatic nitrogens is 2. The zero-order valence-corrected chi connectivity index (χ0v) is 13.4. The van der Waals surface area contributed by atoms with Gasteiger partial charge in [0.05, 0.1) is 12.9 Å². The van der Waals surface area contributed by atoms with E-state index in [1.54, 1.807) is 19.6 Å². The molecular formula is C20H17N3O. The summed E-state index contributed by atoms with van der Waals surface area (Å²) < 4.78 is 1.95. The summed E-state index contributed by atoms with van der Waals surface area (Å²) in [4.78, 5) is 9.01. The van der Waals surface area contributed by atoms with E-state index >= 15 is 0 Å². The third-order valence-corrected chi connectivity index (χ3v) is 3.44. The smallest absolute Gasteiger partial charge is 0.107 e. The Kier molecular flexibility index (Phi) is 5.06. The van der Waals surface area contributed by atoms with Gasteiger partial charge in [-0.15, -0.1) is 0 Å². The number of nitrogens with zero attached hydrogens (tertiary/aromatic N) is 3. The summed E-state index contributed by atoms with van der Waals surface area (Å²) in [5.41, 5.74) is 3.79. The van der Waals surface area contributed by atoms with Crippen molar-refractivity contribution < 1.29 is 4.84 Å². The standard InChI is InChI=1S/C20H17N3O/c1-24-22-20(15-23-14-13-21-16-23)19-11-9-18(10-12-19)8-7-17-5-3-2-4-6-17/h2-6,9-14,16H,15H2,1H3. The molecule has 0 unspecified atom stereocenters. The first-order valence-corrected chi connectivity index (χ1v) is 7.58. The number of benzene rings is 2. The van der Waals surface area contributed by atoms with Crippen LogP contribution in [-0.2, 0) is 11.4 Å². The van der Waals surface area contributed by atoms with Crippen LogP contribution >= 0.6 is 0 Å². The first-order chi connectivity index (χ1) is 11.8. The summed E-state index contributed by atoms with van der Waals surface area (Å²) in [5, 5.41) is 4.12. The fourth-order valence-corrected chi connectivity index (χ4v) is 2.25. The maximum absolute atomic E-state index is 4.97. The average Bonchev–Trinajstić information content (AvgIpc) is 3.14. The van der Waals surface area contributed by atoms with E-state index in [9.17, 15) is 0 Å². The average molecular weight is 315 g/mol. The zero-order chi connectivity index (χ0) is 16.6. The van der Waals surface area contributed by atoms with Gasteiger partial charge in [-0.2, -0.15) is 0 Å². The van der Waals surface area contributed by atoms with Gasteiger partial charge in [0.2, 0.25) is 0 Å². The molecule has 118 valence electrons. The minimum atomic E-state index is 0.600. The van der Waals surface area contributed by atoms with Crippen LogP contribution in [0.1, 0.15) is 16.7 Å². The second kappa shape index (κ2) is 7.80. The zero-order valence-electron chi connectivity index (χ0n) is 13.4. The molecule has 0 atom stereocenters. The van der Waals surface area contributed by atoms with E-state index in [-0.39, 0.29) is 0 Å². The highest BCUT2D eigenvalue weighted by Crippen LogP contribution is 2.08. The predicted octanol–water partition coefficient (Wildman–Crippen LogP) is 3.33. The van der Waals surface area contributed by atoms with Crippen LogP contribution in [-0.4, -0.2) is 22.4 Å². The second-order valence-corrected chi connectivity index (χ2v) is 5.15. The van der Waals surface area contributed by atoms with Crippen LogP contribution in [0.5, 0.6) is 0 Å². The summed E-state index contributed by atoms with van der Waals surface area (Å²) in [6.45, 7) is 0.600. The predicted molar refractivity (Wildman–Crippen MR) is 94.6 cm³/mol.